The molecule has 90 valence electrons. The van der Waals surface area contributed by atoms with Crippen molar-refractivity contribution in [2.24, 2.45) is 0 Å². The first-order valence-corrected chi connectivity index (χ1v) is 6.46. The summed E-state index contributed by atoms with van der Waals surface area (Å²) in [6.07, 6.45) is 0.773. The highest BCUT2D eigenvalue weighted by molar-refractivity contribution is 7.09. The molecule has 4 heteroatoms. The number of nitrogens with zero attached hydrogens (tertiary/aromatic N) is 1. The van der Waals surface area contributed by atoms with E-state index in [1.807, 2.05) is 19.2 Å². The van der Waals surface area contributed by atoms with Gasteiger partial charge < -0.3 is 10.4 Å². The van der Waals surface area contributed by atoms with Crippen LogP contribution in [0.1, 0.15) is 29.2 Å². The van der Waals surface area contributed by atoms with Crippen LogP contribution in [0.5, 0.6) is 5.75 Å². The van der Waals surface area contributed by atoms with Gasteiger partial charge in [0.15, 0.2) is 0 Å². The fourth-order valence-electron chi connectivity index (χ4n) is 1.59. The number of rotatable bonds is 4. The fourth-order valence-corrected chi connectivity index (χ4v) is 2.52. The van der Waals surface area contributed by atoms with E-state index in [1.54, 1.807) is 23.5 Å². The highest BCUT2D eigenvalue weighted by Gasteiger charge is 2.08. The number of benzene rings is 1. The number of hydrogen-bond acceptors (Lipinski definition) is 4. The van der Waals surface area contributed by atoms with Gasteiger partial charge in [0.05, 0.1) is 10.7 Å². The van der Waals surface area contributed by atoms with E-state index in [0.717, 1.165) is 22.7 Å². The van der Waals surface area contributed by atoms with Gasteiger partial charge in [0, 0.05) is 17.8 Å². The molecule has 2 rings (SSSR count). The third kappa shape index (κ3) is 3.05. The molecule has 0 aliphatic rings. The van der Waals surface area contributed by atoms with E-state index in [0.29, 0.717) is 5.75 Å². The van der Waals surface area contributed by atoms with Crippen LogP contribution in [0.3, 0.4) is 0 Å². The Morgan fingerprint density at radius 3 is 3.00 bits per heavy atom. The molecule has 2 N–H and O–H groups in total. The quantitative estimate of drug-likeness (QED) is 0.874. The SMILES string of the molecule is CNC(C)c1csc(Cc2cccc(O)c2)n1. The standard InChI is InChI=1S/C13H16N2OS/c1-9(14-2)12-8-17-13(15-12)7-10-4-3-5-11(16)6-10/h3-6,8-9,14,16H,7H2,1-2H3. The Hall–Kier alpha value is -1.39. The third-order valence-corrected chi connectivity index (χ3v) is 3.58. The van der Waals surface area contributed by atoms with Crippen molar-refractivity contribution in [3.8, 4) is 5.75 Å². The summed E-state index contributed by atoms with van der Waals surface area (Å²) in [5, 5.41) is 15.7. The highest BCUT2D eigenvalue weighted by Crippen LogP contribution is 2.20. The molecule has 1 atom stereocenters. The molecule has 1 aromatic carbocycles. The van der Waals surface area contributed by atoms with Crippen molar-refractivity contribution < 1.29 is 5.11 Å². The molecule has 1 aromatic heterocycles. The molecule has 0 aliphatic heterocycles. The van der Waals surface area contributed by atoms with Crippen LogP contribution in [0.4, 0.5) is 0 Å². The van der Waals surface area contributed by atoms with Crippen LogP contribution >= 0.6 is 11.3 Å². The molecule has 1 heterocycles. The van der Waals surface area contributed by atoms with Gasteiger partial charge in [0.2, 0.25) is 0 Å². The lowest BCUT2D eigenvalue weighted by Crippen LogP contribution is -2.12. The second-order valence-electron chi connectivity index (χ2n) is 4.02. The van der Waals surface area contributed by atoms with E-state index in [1.165, 1.54) is 0 Å². The minimum atomic E-state index is 0.282. The lowest BCUT2D eigenvalue weighted by atomic mass is 10.1. The average Bonchev–Trinajstić information content (AvgIpc) is 2.76. The zero-order valence-electron chi connectivity index (χ0n) is 9.97. The van der Waals surface area contributed by atoms with E-state index in [2.05, 4.69) is 22.6 Å². The van der Waals surface area contributed by atoms with Gasteiger partial charge in [0.25, 0.3) is 0 Å². The van der Waals surface area contributed by atoms with Crippen LogP contribution in [0, 0.1) is 0 Å². The van der Waals surface area contributed by atoms with Crippen molar-refractivity contribution in [1.82, 2.24) is 10.3 Å². The Balaban J connectivity index is 2.11. The minimum absolute atomic E-state index is 0.282. The van der Waals surface area contributed by atoms with Crippen LogP contribution in [0.2, 0.25) is 0 Å². The van der Waals surface area contributed by atoms with Gasteiger partial charge in [-0.15, -0.1) is 11.3 Å². The lowest BCUT2D eigenvalue weighted by molar-refractivity contribution is 0.474. The molecule has 17 heavy (non-hydrogen) atoms. The highest BCUT2D eigenvalue weighted by atomic mass is 32.1. The summed E-state index contributed by atoms with van der Waals surface area (Å²) < 4.78 is 0. The summed E-state index contributed by atoms with van der Waals surface area (Å²) in [4.78, 5) is 4.58. The molecule has 0 spiro atoms. The second kappa shape index (κ2) is 5.29. The maximum Gasteiger partial charge on any atom is 0.115 e. The number of phenols is 1. The fraction of sp³-hybridized carbons (Fsp3) is 0.308. The van der Waals surface area contributed by atoms with Gasteiger partial charge in [-0.3, -0.25) is 0 Å². The molecule has 1 unspecified atom stereocenters. The average molecular weight is 248 g/mol. The van der Waals surface area contributed by atoms with Crippen molar-refractivity contribution in [2.75, 3.05) is 7.05 Å². The predicted octanol–water partition coefficient (Wildman–Crippen LogP) is 2.72. The van der Waals surface area contributed by atoms with Gasteiger partial charge in [0.1, 0.15) is 5.75 Å². The summed E-state index contributed by atoms with van der Waals surface area (Å²) >= 11 is 1.66. The number of phenolic OH excluding ortho intramolecular Hbond substituents is 1. The van der Waals surface area contributed by atoms with Crippen LogP contribution in [0.25, 0.3) is 0 Å². The number of hydrogen-bond donors (Lipinski definition) is 2. The van der Waals surface area contributed by atoms with Crippen LogP contribution in [-0.2, 0) is 6.42 Å². The van der Waals surface area contributed by atoms with E-state index in [4.69, 9.17) is 0 Å². The molecular weight excluding hydrogens is 232 g/mol. The summed E-state index contributed by atoms with van der Waals surface area (Å²) in [6, 6.07) is 7.60. The molecule has 0 saturated heterocycles. The number of nitrogens with one attached hydrogen (secondary N) is 1. The van der Waals surface area contributed by atoms with Crippen molar-refractivity contribution in [3.05, 3.63) is 45.9 Å². The zero-order valence-corrected chi connectivity index (χ0v) is 10.8. The Bertz CT molecular complexity index is 496. The first kappa shape index (κ1) is 12.1. The minimum Gasteiger partial charge on any atom is -0.508 e. The van der Waals surface area contributed by atoms with Crippen molar-refractivity contribution in [2.45, 2.75) is 19.4 Å². The maximum atomic E-state index is 9.40. The summed E-state index contributed by atoms with van der Waals surface area (Å²) in [5.74, 6) is 0.308. The van der Waals surface area contributed by atoms with E-state index in [-0.39, 0.29) is 6.04 Å². The largest absolute Gasteiger partial charge is 0.508 e. The molecular formula is C13H16N2OS. The van der Waals surface area contributed by atoms with Crippen molar-refractivity contribution in [1.29, 1.82) is 0 Å². The van der Waals surface area contributed by atoms with Crippen molar-refractivity contribution >= 4 is 11.3 Å². The Morgan fingerprint density at radius 1 is 1.47 bits per heavy atom. The molecule has 0 amide bonds. The Kier molecular flexibility index (Phi) is 3.76. The van der Waals surface area contributed by atoms with E-state index < -0.39 is 0 Å². The molecule has 2 aromatic rings. The normalized spacial score (nSPS) is 12.6. The van der Waals surface area contributed by atoms with Gasteiger partial charge in [-0.2, -0.15) is 0 Å². The summed E-state index contributed by atoms with van der Waals surface area (Å²) in [6.45, 7) is 2.09. The zero-order chi connectivity index (χ0) is 12.3. The first-order chi connectivity index (χ1) is 8.19. The summed E-state index contributed by atoms with van der Waals surface area (Å²) in [5.41, 5.74) is 2.16. The number of thiazole rings is 1. The van der Waals surface area contributed by atoms with E-state index in [9.17, 15) is 5.11 Å². The predicted molar refractivity (Wildman–Crippen MR) is 70.5 cm³/mol. The van der Waals surface area contributed by atoms with Gasteiger partial charge in [-0.1, -0.05) is 12.1 Å². The molecule has 0 bridgehead atoms. The maximum absolute atomic E-state index is 9.40. The Labute approximate surface area is 105 Å². The van der Waals surface area contributed by atoms with E-state index >= 15 is 0 Å². The number of aromatic hydroxyl groups is 1. The molecule has 3 nitrogen and oxygen atoms in total. The smallest absolute Gasteiger partial charge is 0.115 e. The molecule has 0 aliphatic carbocycles. The molecule has 0 saturated carbocycles. The molecule has 0 fully saturated rings. The molecule has 0 radical (unpaired) electrons. The van der Waals surface area contributed by atoms with Gasteiger partial charge in [-0.25, -0.2) is 4.98 Å². The van der Waals surface area contributed by atoms with Gasteiger partial charge >= 0.3 is 0 Å². The summed E-state index contributed by atoms with van der Waals surface area (Å²) in [7, 11) is 1.93. The van der Waals surface area contributed by atoms with Crippen LogP contribution < -0.4 is 5.32 Å². The number of aromatic nitrogens is 1. The van der Waals surface area contributed by atoms with Crippen LogP contribution in [-0.4, -0.2) is 17.1 Å². The van der Waals surface area contributed by atoms with Gasteiger partial charge in [-0.05, 0) is 31.7 Å². The monoisotopic (exact) mass is 248 g/mol. The third-order valence-electron chi connectivity index (χ3n) is 2.71. The Morgan fingerprint density at radius 2 is 2.29 bits per heavy atom. The second-order valence-corrected chi connectivity index (χ2v) is 4.97. The topological polar surface area (TPSA) is 45.1 Å². The van der Waals surface area contributed by atoms with Crippen molar-refractivity contribution in [3.63, 3.8) is 0 Å². The van der Waals surface area contributed by atoms with Crippen LogP contribution in [0.15, 0.2) is 29.6 Å². The lowest BCUT2D eigenvalue weighted by Gasteiger charge is -2.05. The first-order valence-electron chi connectivity index (χ1n) is 5.58.